The lowest BCUT2D eigenvalue weighted by Gasteiger charge is -2.18. The van der Waals surface area contributed by atoms with Gasteiger partial charge >= 0.3 is 0 Å². The van der Waals surface area contributed by atoms with E-state index in [4.69, 9.17) is 20.1 Å². The van der Waals surface area contributed by atoms with Crippen molar-refractivity contribution in [2.24, 2.45) is 0 Å². The number of hydrogen-bond donors (Lipinski definition) is 2. The second-order valence-corrected chi connectivity index (χ2v) is 4.05. The van der Waals surface area contributed by atoms with Gasteiger partial charge in [-0.05, 0) is 18.2 Å². The van der Waals surface area contributed by atoms with Gasteiger partial charge in [-0.1, -0.05) is 0 Å². The molecule has 1 aromatic carbocycles. The predicted molar refractivity (Wildman–Crippen MR) is 67.4 cm³/mol. The molecule has 0 saturated carbocycles. The van der Waals surface area contributed by atoms with Crippen molar-refractivity contribution in [1.29, 1.82) is 5.26 Å². The molecule has 6 nitrogen and oxygen atoms in total. The third kappa shape index (κ3) is 1.87. The van der Waals surface area contributed by atoms with E-state index in [1.54, 1.807) is 24.3 Å². The highest BCUT2D eigenvalue weighted by Crippen LogP contribution is 2.34. The first-order valence-electron chi connectivity index (χ1n) is 5.54. The van der Waals surface area contributed by atoms with Crippen molar-refractivity contribution < 1.29 is 13.9 Å². The Bertz CT molecular complexity index is 712. The molecule has 6 heteroatoms. The fraction of sp³-hybridized carbons (Fsp3) is 0.0769. The zero-order valence-electron chi connectivity index (χ0n) is 9.77. The Balaban J connectivity index is 2.04. The van der Waals surface area contributed by atoms with Crippen LogP contribution in [0.1, 0.15) is 5.56 Å². The lowest BCUT2D eigenvalue weighted by atomic mass is 10.1. The number of nitrogen functional groups attached to an aromatic ring is 1. The molecule has 0 unspecified atom stereocenters. The van der Waals surface area contributed by atoms with Gasteiger partial charge in [-0.25, -0.2) is 0 Å². The second kappa shape index (κ2) is 4.07. The first-order chi connectivity index (χ1) is 9.17. The molecule has 0 radical (unpaired) electrons. The molecule has 1 amide bonds. The number of rotatable bonds is 1. The number of carbonyl (C=O) groups excluding carboxylic acids is 1. The van der Waals surface area contributed by atoms with Crippen molar-refractivity contribution in [3.8, 4) is 23.1 Å². The van der Waals surface area contributed by atoms with E-state index in [1.165, 1.54) is 0 Å². The highest BCUT2D eigenvalue weighted by molar-refractivity contribution is 5.96. The summed E-state index contributed by atoms with van der Waals surface area (Å²) in [4.78, 5) is 11.3. The van der Waals surface area contributed by atoms with Crippen molar-refractivity contribution in [3.63, 3.8) is 0 Å². The Morgan fingerprint density at radius 1 is 1.37 bits per heavy atom. The van der Waals surface area contributed by atoms with Crippen LogP contribution >= 0.6 is 0 Å². The minimum Gasteiger partial charge on any atom is -0.482 e. The summed E-state index contributed by atoms with van der Waals surface area (Å²) in [5, 5.41) is 11.5. The van der Waals surface area contributed by atoms with Crippen molar-refractivity contribution in [2.75, 3.05) is 17.7 Å². The second-order valence-electron chi connectivity index (χ2n) is 4.05. The molecule has 0 bridgehead atoms. The maximum absolute atomic E-state index is 11.3. The molecule has 3 N–H and O–H groups in total. The van der Waals surface area contributed by atoms with E-state index in [2.05, 4.69) is 5.32 Å². The Morgan fingerprint density at radius 3 is 2.95 bits per heavy atom. The van der Waals surface area contributed by atoms with Gasteiger partial charge in [0.1, 0.15) is 23.1 Å². The van der Waals surface area contributed by atoms with Gasteiger partial charge in [0.15, 0.2) is 6.61 Å². The molecule has 94 valence electrons. The van der Waals surface area contributed by atoms with E-state index >= 15 is 0 Å². The topological polar surface area (TPSA) is 101 Å². The number of anilines is 2. The summed E-state index contributed by atoms with van der Waals surface area (Å²) < 4.78 is 10.6. The fourth-order valence-electron chi connectivity index (χ4n) is 1.87. The zero-order chi connectivity index (χ0) is 13.4. The summed E-state index contributed by atoms with van der Waals surface area (Å²) in [6.07, 6.45) is 0. The van der Waals surface area contributed by atoms with E-state index in [0.717, 1.165) is 0 Å². The number of nitrogens with zero attached hydrogens (tertiary/aromatic N) is 1. The van der Waals surface area contributed by atoms with Crippen LogP contribution in [-0.2, 0) is 4.79 Å². The van der Waals surface area contributed by atoms with Crippen LogP contribution in [0.2, 0.25) is 0 Å². The van der Waals surface area contributed by atoms with Gasteiger partial charge in [0, 0.05) is 11.6 Å². The van der Waals surface area contributed by atoms with Crippen LogP contribution in [0.4, 0.5) is 11.6 Å². The number of fused-ring (bicyclic) bond motifs is 1. The van der Waals surface area contributed by atoms with Gasteiger partial charge in [-0.2, -0.15) is 5.26 Å². The first-order valence-corrected chi connectivity index (χ1v) is 5.54. The van der Waals surface area contributed by atoms with Gasteiger partial charge in [0.2, 0.25) is 5.88 Å². The zero-order valence-corrected chi connectivity index (χ0v) is 9.77. The quantitative estimate of drug-likeness (QED) is 0.808. The molecule has 1 aliphatic rings. The number of hydrogen-bond acceptors (Lipinski definition) is 5. The standard InChI is InChI=1S/C13H9N3O3/c14-5-8-4-11(19-13(8)15)7-1-2-10-9(3-7)16-12(17)6-18-10/h1-4H,6,15H2,(H,16,17). The van der Waals surface area contributed by atoms with Crippen molar-refractivity contribution >= 4 is 17.5 Å². The normalized spacial score (nSPS) is 13.1. The number of ether oxygens (including phenoxy) is 1. The molecule has 2 heterocycles. The van der Waals surface area contributed by atoms with Crippen LogP contribution in [0.25, 0.3) is 11.3 Å². The summed E-state index contributed by atoms with van der Waals surface area (Å²) in [6, 6.07) is 8.72. The average molecular weight is 255 g/mol. The molecule has 19 heavy (non-hydrogen) atoms. The van der Waals surface area contributed by atoms with Crippen LogP contribution in [-0.4, -0.2) is 12.5 Å². The van der Waals surface area contributed by atoms with E-state index in [1.807, 2.05) is 6.07 Å². The largest absolute Gasteiger partial charge is 0.482 e. The Hall–Kier alpha value is -2.94. The first kappa shape index (κ1) is 11.2. The number of nitrogens with two attached hydrogens (primary N) is 1. The van der Waals surface area contributed by atoms with Crippen molar-refractivity contribution in [1.82, 2.24) is 0 Å². The van der Waals surface area contributed by atoms with Crippen LogP contribution in [0.15, 0.2) is 28.7 Å². The predicted octanol–water partition coefficient (Wildman–Crippen LogP) is 1.73. The third-order valence-electron chi connectivity index (χ3n) is 2.78. The Morgan fingerprint density at radius 2 is 2.21 bits per heavy atom. The maximum Gasteiger partial charge on any atom is 0.262 e. The molecule has 0 saturated heterocycles. The maximum atomic E-state index is 11.3. The van der Waals surface area contributed by atoms with Crippen LogP contribution in [0, 0.1) is 11.3 Å². The third-order valence-corrected chi connectivity index (χ3v) is 2.78. The summed E-state index contributed by atoms with van der Waals surface area (Å²) in [5.74, 6) is 0.942. The average Bonchev–Trinajstić information content (AvgIpc) is 2.79. The van der Waals surface area contributed by atoms with Crippen LogP contribution < -0.4 is 15.8 Å². The molecular formula is C13H9N3O3. The summed E-state index contributed by atoms with van der Waals surface area (Å²) in [6.45, 7) is 0.0125. The molecule has 0 atom stereocenters. The van der Waals surface area contributed by atoms with Gasteiger partial charge in [-0.3, -0.25) is 4.79 Å². The van der Waals surface area contributed by atoms with E-state index in [-0.39, 0.29) is 24.0 Å². The lowest BCUT2D eigenvalue weighted by Crippen LogP contribution is -2.25. The number of nitrogens with one attached hydrogen (secondary N) is 1. The summed E-state index contributed by atoms with van der Waals surface area (Å²) in [5.41, 5.74) is 7.13. The van der Waals surface area contributed by atoms with Gasteiger partial charge in [-0.15, -0.1) is 0 Å². The van der Waals surface area contributed by atoms with Crippen LogP contribution in [0.5, 0.6) is 5.75 Å². The number of furan rings is 1. The summed E-state index contributed by atoms with van der Waals surface area (Å²) in [7, 11) is 0. The number of nitriles is 1. The van der Waals surface area contributed by atoms with E-state index in [9.17, 15) is 4.79 Å². The molecule has 1 aliphatic heterocycles. The van der Waals surface area contributed by atoms with E-state index < -0.39 is 0 Å². The number of carbonyl (C=O) groups is 1. The molecule has 0 fully saturated rings. The van der Waals surface area contributed by atoms with Crippen molar-refractivity contribution in [2.45, 2.75) is 0 Å². The highest BCUT2D eigenvalue weighted by Gasteiger charge is 2.17. The SMILES string of the molecule is N#Cc1cc(-c2ccc3c(c2)NC(=O)CO3)oc1N. The van der Waals surface area contributed by atoms with Gasteiger partial charge < -0.3 is 20.2 Å². The van der Waals surface area contributed by atoms with Crippen LogP contribution in [0.3, 0.4) is 0 Å². The fourth-order valence-corrected chi connectivity index (χ4v) is 1.87. The lowest BCUT2D eigenvalue weighted by molar-refractivity contribution is -0.118. The Kier molecular flexibility index (Phi) is 2.39. The molecule has 0 aliphatic carbocycles. The van der Waals surface area contributed by atoms with E-state index in [0.29, 0.717) is 22.8 Å². The molecule has 3 rings (SSSR count). The van der Waals surface area contributed by atoms with Gasteiger partial charge in [0.05, 0.1) is 5.69 Å². The van der Waals surface area contributed by atoms with Gasteiger partial charge in [0.25, 0.3) is 5.91 Å². The summed E-state index contributed by atoms with van der Waals surface area (Å²) >= 11 is 0. The minimum atomic E-state index is -0.207. The van der Waals surface area contributed by atoms with Crippen molar-refractivity contribution in [3.05, 3.63) is 29.8 Å². The number of amides is 1. The monoisotopic (exact) mass is 255 g/mol. The highest BCUT2D eigenvalue weighted by atomic mass is 16.5. The smallest absolute Gasteiger partial charge is 0.262 e. The molecule has 0 spiro atoms. The Labute approximate surface area is 108 Å². The molecule has 2 aromatic rings. The number of benzene rings is 1. The molecular weight excluding hydrogens is 246 g/mol. The minimum absolute atomic E-state index is 0.0125. The molecule has 1 aromatic heterocycles.